The SMILES string of the molecule is CC(C)C[C@H](N[C@@H](C)P(=O)(O)O)C(=O)N[C@H]1CCCCNCCCCCNC1=O. The highest BCUT2D eigenvalue weighted by atomic mass is 31.2. The van der Waals surface area contributed by atoms with Gasteiger partial charge in [0.15, 0.2) is 0 Å². The minimum absolute atomic E-state index is 0.141. The summed E-state index contributed by atoms with van der Waals surface area (Å²) in [5, 5.41) is 11.9. The van der Waals surface area contributed by atoms with E-state index >= 15 is 0 Å². The lowest BCUT2D eigenvalue weighted by Gasteiger charge is -2.27. The summed E-state index contributed by atoms with van der Waals surface area (Å²) < 4.78 is 11.5. The summed E-state index contributed by atoms with van der Waals surface area (Å²) >= 11 is 0. The molecule has 0 spiro atoms. The van der Waals surface area contributed by atoms with E-state index in [0.717, 1.165) is 45.2 Å². The summed E-state index contributed by atoms with van der Waals surface area (Å²) in [4.78, 5) is 44.2. The molecule has 29 heavy (non-hydrogen) atoms. The largest absolute Gasteiger partial charge is 0.354 e. The molecule has 0 radical (unpaired) electrons. The van der Waals surface area contributed by atoms with Gasteiger partial charge in [-0.1, -0.05) is 20.3 Å². The van der Waals surface area contributed by atoms with Crippen molar-refractivity contribution < 1.29 is 23.9 Å². The summed E-state index contributed by atoms with van der Waals surface area (Å²) in [6.45, 7) is 7.67. The first-order chi connectivity index (χ1) is 13.6. The Kier molecular flexibility index (Phi) is 12.0. The smallest absolute Gasteiger partial charge is 0.342 e. The van der Waals surface area contributed by atoms with Crippen LogP contribution in [0, 0.1) is 5.92 Å². The van der Waals surface area contributed by atoms with Crippen molar-refractivity contribution in [2.24, 2.45) is 5.92 Å². The average molecular weight is 435 g/mol. The number of amides is 2. The molecule has 0 aromatic carbocycles. The molecule has 1 fully saturated rings. The fraction of sp³-hybridized carbons (Fsp3) is 0.895. The van der Waals surface area contributed by atoms with Crippen LogP contribution in [0.4, 0.5) is 0 Å². The lowest BCUT2D eigenvalue weighted by Crippen LogP contribution is -2.54. The van der Waals surface area contributed by atoms with Crippen molar-refractivity contribution in [2.75, 3.05) is 19.6 Å². The molecule has 2 amide bonds. The fourth-order valence-corrected chi connectivity index (χ4v) is 3.64. The lowest BCUT2D eigenvalue weighted by molar-refractivity contribution is -0.130. The predicted molar refractivity (Wildman–Crippen MR) is 113 cm³/mol. The molecule has 1 saturated heterocycles. The van der Waals surface area contributed by atoms with Crippen LogP contribution in [0.2, 0.25) is 0 Å². The zero-order valence-electron chi connectivity index (χ0n) is 17.9. The molecule has 6 N–H and O–H groups in total. The first-order valence-corrected chi connectivity index (χ1v) is 12.4. The second-order valence-electron chi connectivity index (χ2n) is 8.27. The van der Waals surface area contributed by atoms with Crippen molar-refractivity contribution in [1.82, 2.24) is 21.3 Å². The van der Waals surface area contributed by atoms with E-state index in [-0.39, 0.29) is 11.8 Å². The highest BCUT2D eigenvalue weighted by Crippen LogP contribution is 2.39. The number of carbonyl (C=O) groups excluding carboxylic acids is 2. The number of nitrogens with one attached hydrogen (secondary N) is 4. The molecular weight excluding hydrogens is 395 g/mol. The second kappa shape index (κ2) is 13.3. The summed E-state index contributed by atoms with van der Waals surface area (Å²) in [5.41, 5.74) is 0. The number of carbonyl (C=O) groups is 2. The van der Waals surface area contributed by atoms with Gasteiger partial charge in [-0.15, -0.1) is 0 Å². The minimum atomic E-state index is -4.36. The monoisotopic (exact) mass is 434 g/mol. The highest BCUT2D eigenvalue weighted by Gasteiger charge is 2.31. The summed E-state index contributed by atoms with van der Waals surface area (Å²) in [6.07, 6.45) is 5.66. The van der Waals surface area contributed by atoms with Gasteiger partial charge in [-0.05, 0) is 64.5 Å². The van der Waals surface area contributed by atoms with E-state index in [1.165, 1.54) is 6.92 Å². The molecule has 0 aliphatic carbocycles. The Morgan fingerprint density at radius 2 is 1.72 bits per heavy atom. The van der Waals surface area contributed by atoms with Gasteiger partial charge in [-0.2, -0.15) is 0 Å². The maximum absolute atomic E-state index is 12.9. The number of hydrogen-bond acceptors (Lipinski definition) is 5. The van der Waals surface area contributed by atoms with E-state index in [4.69, 9.17) is 0 Å². The van der Waals surface area contributed by atoms with E-state index in [1.807, 2.05) is 13.8 Å². The van der Waals surface area contributed by atoms with Crippen LogP contribution in [0.15, 0.2) is 0 Å². The van der Waals surface area contributed by atoms with Crippen LogP contribution in [0.25, 0.3) is 0 Å². The summed E-state index contributed by atoms with van der Waals surface area (Å²) in [6, 6.07) is -1.43. The van der Waals surface area contributed by atoms with E-state index in [2.05, 4.69) is 21.3 Å². The summed E-state index contributed by atoms with van der Waals surface area (Å²) in [7, 11) is -4.36. The number of rotatable bonds is 7. The number of hydrogen-bond donors (Lipinski definition) is 6. The van der Waals surface area contributed by atoms with Crippen LogP contribution < -0.4 is 21.3 Å². The van der Waals surface area contributed by atoms with Crippen LogP contribution in [-0.4, -0.2) is 59.1 Å². The molecule has 1 aliphatic rings. The van der Waals surface area contributed by atoms with E-state index < -0.39 is 31.4 Å². The third-order valence-corrected chi connectivity index (χ3v) is 6.19. The van der Waals surface area contributed by atoms with Crippen LogP contribution >= 0.6 is 7.60 Å². The van der Waals surface area contributed by atoms with Gasteiger partial charge in [0.05, 0.1) is 6.04 Å². The standard InChI is InChI=1S/C19H39N4O5P/c1-14(2)13-17(22-15(3)29(26,27)28)19(25)23-16-9-5-8-11-20-10-6-4-7-12-21-18(16)24/h14-17,20,22H,4-13H2,1-3H3,(H,21,24)(H,23,25)(H2,26,27,28)/t15-,16+,17+/m1/s1. The van der Waals surface area contributed by atoms with Gasteiger partial charge >= 0.3 is 7.60 Å². The molecule has 170 valence electrons. The van der Waals surface area contributed by atoms with Gasteiger partial charge in [0, 0.05) is 6.54 Å². The van der Waals surface area contributed by atoms with Crippen LogP contribution in [0.1, 0.15) is 65.7 Å². The van der Waals surface area contributed by atoms with Crippen molar-refractivity contribution in [3.63, 3.8) is 0 Å². The molecule has 1 rings (SSSR count). The normalized spacial score (nSPS) is 22.6. The van der Waals surface area contributed by atoms with Gasteiger partial charge in [-0.3, -0.25) is 19.5 Å². The molecule has 0 unspecified atom stereocenters. The highest BCUT2D eigenvalue weighted by molar-refractivity contribution is 7.52. The van der Waals surface area contributed by atoms with Crippen molar-refractivity contribution >= 4 is 19.4 Å². The van der Waals surface area contributed by atoms with Gasteiger partial charge in [0.25, 0.3) is 0 Å². The Balaban J connectivity index is 2.79. The second-order valence-corrected chi connectivity index (χ2v) is 10.2. The zero-order valence-corrected chi connectivity index (χ0v) is 18.8. The van der Waals surface area contributed by atoms with Gasteiger partial charge < -0.3 is 25.7 Å². The van der Waals surface area contributed by atoms with Crippen LogP contribution in [0.3, 0.4) is 0 Å². The molecule has 0 aromatic rings. The Hall–Kier alpha value is -0.990. The van der Waals surface area contributed by atoms with Crippen molar-refractivity contribution in [2.45, 2.75) is 83.6 Å². The molecule has 10 heteroatoms. The Morgan fingerprint density at radius 3 is 2.34 bits per heavy atom. The maximum Gasteiger partial charge on any atom is 0.342 e. The maximum atomic E-state index is 12.9. The zero-order chi connectivity index (χ0) is 21.9. The van der Waals surface area contributed by atoms with Crippen molar-refractivity contribution in [3.8, 4) is 0 Å². The van der Waals surface area contributed by atoms with E-state index in [9.17, 15) is 23.9 Å². The molecule has 1 heterocycles. The van der Waals surface area contributed by atoms with Gasteiger partial charge in [0.2, 0.25) is 11.8 Å². The fourth-order valence-electron chi connectivity index (χ4n) is 3.26. The molecule has 9 nitrogen and oxygen atoms in total. The summed E-state index contributed by atoms with van der Waals surface area (Å²) in [5.74, 6) is -1.60. The van der Waals surface area contributed by atoms with Crippen molar-refractivity contribution in [3.05, 3.63) is 0 Å². The third-order valence-electron chi connectivity index (χ3n) is 5.03. The molecule has 0 aromatic heterocycles. The minimum Gasteiger partial charge on any atom is -0.354 e. The first kappa shape index (κ1) is 26.0. The Morgan fingerprint density at radius 1 is 1.10 bits per heavy atom. The Labute approximate surface area is 174 Å². The predicted octanol–water partition coefficient (Wildman–Crippen LogP) is 1.06. The molecule has 0 saturated carbocycles. The quantitative estimate of drug-likeness (QED) is 0.329. The average Bonchev–Trinajstić information content (AvgIpc) is 2.64. The molecule has 1 aliphatic heterocycles. The third kappa shape index (κ3) is 11.1. The molecular formula is C19H39N4O5P. The van der Waals surface area contributed by atoms with Gasteiger partial charge in [0.1, 0.15) is 11.8 Å². The first-order valence-electron chi connectivity index (χ1n) is 10.7. The Bertz CT molecular complexity index is 555. The van der Waals surface area contributed by atoms with Crippen LogP contribution in [-0.2, 0) is 14.2 Å². The van der Waals surface area contributed by atoms with Crippen LogP contribution in [0.5, 0.6) is 0 Å². The van der Waals surface area contributed by atoms with Gasteiger partial charge in [-0.25, -0.2) is 0 Å². The van der Waals surface area contributed by atoms with Crippen molar-refractivity contribution in [1.29, 1.82) is 0 Å². The van der Waals surface area contributed by atoms with E-state index in [1.54, 1.807) is 0 Å². The molecule has 3 atom stereocenters. The topological polar surface area (TPSA) is 140 Å². The van der Waals surface area contributed by atoms with E-state index in [0.29, 0.717) is 19.4 Å². The lowest BCUT2D eigenvalue weighted by atomic mass is 10.0. The molecule has 0 bridgehead atoms.